The van der Waals surface area contributed by atoms with Gasteiger partial charge < -0.3 is 9.90 Å². The van der Waals surface area contributed by atoms with Crippen LogP contribution in [0.1, 0.15) is 0 Å². The number of amides is 1. The van der Waals surface area contributed by atoms with Crippen molar-refractivity contribution in [3.8, 4) is 0 Å². The third-order valence-electron chi connectivity index (χ3n) is 0.938. The molecule has 0 unspecified atom stereocenters. The second kappa shape index (κ2) is 4.92. The van der Waals surface area contributed by atoms with Crippen molar-refractivity contribution >= 4 is 11.9 Å². The van der Waals surface area contributed by atoms with Crippen LogP contribution in [0, 0.1) is 0 Å². The first kappa shape index (κ1) is 12.0. The normalized spacial score (nSPS) is 16.8. The number of carboxylic acids is 1. The Balaban J connectivity index is 0.00000121. The fourth-order valence-corrected chi connectivity index (χ4v) is 0.547. The van der Waals surface area contributed by atoms with Crippen molar-refractivity contribution in [1.29, 1.82) is 0 Å². The number of nitrogens with zero attached hydrogens (tertiary/aromatic N) is 1. The van der Waals surface area contributed by atoms with Gasteiger partial charge in [0, 0.05) is 6.08 Å². The number of carbonyl (C=O) groups excluding carboxylic acids is 2. The van der Waals surface area contributed by atoms with E-state index in [2.05, 4.69) is 0 Å². The summed E-state index contributed by atoms with van der Waals surface area (Å²) in [5.41, 5.74) is 3.23. The van der Waals surface area contributed by atoms with Crippen molar-refractivity contribution < 1.29 is 71.3 Å². The number of hydrogen-bond acceptors (Lipinski definition) is 6. The molecule has 1 amide bonds. The molecule has 7 nitrogen and oxygen atoms in total. The van der Waals surface area contributed by atoms with E-state index >= 15 is 0 Å². The second-order valence-corrected chi connectivity index (χ2v) is 1.75. The van der Waals surface area contributed by atoms with Crippen molar-refractivity contribution in [2.75, 3.05) is 0 Å². The van der Waals surface area contributed by atoms with Gasteiger partial charge in [0.05, 0.1) is 11.7 Å². The van der Waals surface area contributed by atoms with Gasteiger partial charge in [0.25, 0.3) is 5.91 Å². The summed E-state index contributed by atoms with van der Waals surface area (Å²) < 4.78 is 0. The molecular weight excluding hydrogens is 193 g/mol. The Kier molecular flexibility index (Phi) is 4.93. The number of carboxylic acid groups (broad SMARTS) is 1. The van der Waals surface area contributed by atoms with Crippen molar-refractivity contribution in [2.24, 2.45) is 0 Å². The molecular formula is C4H4KN3O4. The average Bonchev–Trinajstić information content (AvgIpc) is 1.85. The van der Waals surface area contributed by atoms with Crippen LogP contribution in [0.2, 0.25) is 0 Å². The van der Waals surface area contributed by atoms with Crippen LogP contribution in [0.3, 0.4) is 0 Å². The summed E-state index contributed by atoms with van der Waals surface area (Å²) in [6.07, 6.45) is 0.752. The molecule has 0 bridgehead atoms. The molecule has 0 aliphatic carbocycles. The Morgan fingerprint density at radius 1 is 1.58 bits per heavy atom. The average molecular weight is 197 g/mol. The zero-order valence-electron chi connectivity index (χ0n) is 6.20. The Labute approximate surface area is 110 Å². The monoisotopic (exact) mass is 197 g/mol. The molecule has 0 saturated carbocycles. The Morgan fingerprint density at radius 2 is 2.17 bits per heavy atom. The molecule has 8 heteroatoms. The van der Waals surface area contributed by atoms with E-state index in [1.807, 2.05) is 10.9 Å². The van der Waals surface area contributed by atoms with Gasteiger partial charge >= 0.3 is 51.4 Å². The molecule has 0 spiro atoms. The van der Waals surface area contributed by atoms with Crippen LogP contribution in [0.25, 0.3) is 0 Å². The summed E-state index contributed by atoms with van der Waals surface area (Å²) in [4.78, 5) is 20.6. The van der Waals surface area contributed by atoms with E-state index in [0.29, 0.717) is 0 Å². The molecule has 0 aromatic heterocycles. The van der Waals surface area contributed by atoms with Gasteiger partial charge in [-0.25, -0.2) is 5.43 Å². The van der Waals surface area contributed by atoms with Crippen LogP contribution in [0.5, 0.6) is 0 Å². The summed E-state index contributed by atoms with van der Waals surface area (Å²) in [6.45, 7) is 0. The molecule has 0 fully saturated rings. The van der Waals surface area contributed by atoms with Crippen LogP contribution in [-0.2, 0) is 9.59 Å². The Bertz CT molecular complexity index is 240. The molecule has 0 atom stereocenters. The van der Waals surface area contributed by atoms with E-state index < -0.39 is 17.6 Å². The number of carbonyl (C=O) groups is 2. The van der Waals surface area contributed by atoms with Crippen LogP contribution < -0.4 is 67.3 Å². The van der Waals surface area contributed by atoms with Crippen molar-refractivity contribution in [1.82, 2.24) is 16.1 Å². The predicted octanol–water partition coefficient (Wildman–Crippen LogP) is -6.14. The second-order valence-electron chi connectivity index (χ2n) is 1.75. The number of hydrogen-bond donors (Lipinski definition) is 3. The van der Waals surface area contributed by atoms with Crippen molar-refractivity contribution in [3.05, 3.63) is 11.8 Å². The molecule has 0 saturated heterocycles. The molecule has 1 aliphatic heterocycles. The summed E-state index contributed by atoms with van der Waals surface area (Å²) in [6, 6.07) is 0. The zero-order chi connectivity index (χ0) is 8.43. The fourth-order valence-electron chi connectivity index (χ4n) is 0.547. The first-order valence-corrected chi connectivity index (χ1v) is 2.59. The van der Waals surface area contributed by atoms with Gasteiger partial charge in [-0.15, -0.1) is 0 Å². The van der Waals surface area contributed by atoms with E-state index in [1.54, 1.807) is 0 Å². The third kappa shape index (κ3) is 3.19. The van der Waals surface area contributed by atoms with E-state index in [1.165, 1.54) is 0 Å². The first-order chi connectivity index (χ1) is 5.09. The van der Waals surface area contributed by atoms with Gasteiger partial charge in [0.15, 0.2) is 0 Å². The van der Waals surface area contributed by atoms with Crippen LogP contribution in [0.4, 0.5) is 0 Å². The standard InChI is InChI=1S/C4H5N3O4.K/c8-3-1-2(4(9)10)5-7(11)6-3;/h1,5,11H,(H,6,8)(H,9,10);/q;+1/p-1. The summed E-state index contributed by atoms with van der Waals surface area (Å²) in [5, 5.41) is 18.8. The van der Waals surface area contributed by atoms with Gasteiger partial charge in [0.2, 0.25) is 0 Å². The quantitative estimate of drug-likeness (QED) is 0.361. The van der Waals surface area contributed by atoms with Gasteiger partial charge in [0.1, 0.15) is 0 Å². The number of hydrazine groups is 2. The minimum absolute atomic E-state index is 0. The number of nitrogens with one attached hydrogen (secondary N) is 2. The van der Waals surface area contributed by atoms with Crippen LogP contribution >= 0.6 is 0 Å². The molecule has 12 heavy (non-hydrogen) atoms. The Hall–Kier alpha value is 0.0364. The Morgan fingerprint density at radius 3 is 2.58 bits per heavy atom. The molecule has 60 valence electrons. The summed E-state index contributed by atoms with van der Waals surface area (Å²) in [7, 11) is 0. The van der Waals surface area contributed by atoms with E-state index in [0.717, 1.165) is 6.08 Å². The molecule has 0 radical (unpaired) electrons. The molecule has 0 aromatic carbocycles. The predicted molar refractivity (Wildman–Crippen MR) is 28.0 cm³/mol. The molecule has 1 heterocycles. The molecule has 1 aliphatic rings. The molecule has 3 N–H and O–H groups in total. The van der Waals surface area contributed by atoms with Gasteiger partial charge in [-0.1, -0.05) is 0 Å². The third-order valence-corrected chi connectivity index (χ3v) is 0.938. The number of rotatable bonds is 1. The van der Waals surface area contributed by atoms with Crippen molar-refractivity contribution in [2.45, 2.75) is 0 Å². The maximum absolute atomic E-state index is 10.5. The zero-order valence-corrected chi connectivity index (χ0v) is 9.32. The first-order valence-electron chi connectivity index (χ1n) is 2.59. The topological polar surface area (TPSA) is 105 Å². The minimum Gasteiger partial charge on any atom is -0.543 e. The fraction of sp³-hybridized carbons (Fsp3) is 0. The summed E-state index contributed by atoms with van der Waals surface area (Å²) >= 11 is 0. The van der Waals surface area contributed by atoms with E-state index in [-0.39, 0.29) is 56.7 Å². The maximum Gasteiger partial charge on any atom is 1.00 e. The van der Waals surface area contributed by atoms with Crippen LogP contribution in [-0.4, -0.2) is 22.4 Å². The molecule has 1 rings (SSSR count). The van der Waals surface area contributed by atoms with Crippen LogP contribution in [0.15, 0.2) is 11.8 Å². The van der Waals surface area contributed by atoms with Gasteiger partial charge in [-0.05, 0) is 5.28 Å². The smallest absolute Gasteiger partial charge is 0.543 e. The van der Waals surface area contributed by atoms with Gasteiger partial charge in [-0.3, -0.25) is 15.4 Å². The minimum atomic E-state index is -1.57. The van der Waals surface area contributed by atoms with Gasteiger partial charge in [-0.2, -0.15) is 0 Å². The summed E-state index contributed by atoms with van der Waals surface area (Å²) in [5.74, 6) is -2.32. The number of aliphatic carboxylic acids is 1. The largest absolute Gasteiger partial charge is 1.00 e. The van der Waals surface area contributed by atoms with E-state index in [4.69, 9.17) is 5.21 Å². The molecule has 0 aromatic rings. The SMILES string of the molecule is O=C1C=C(C(=O)[O-])NN(O)N1.[K+]. The van der Waals surface area contributed by atoms with Crippen molar-refractivity contribution in [3.63, 3.8) is 0 Å². The van der Waals surface area contributed by atoms with E-state index in [9.17, 15) is 14.7 Å². The maximum atomic E-state index is 10.5.